The molecule has 10 heteroatoms. The van der Waals surface area contributed by atoms with Crippen LogP contribution in [0, 0.1) is 0 Å². The summed E-state index contributed by atoms with van der Waals surface area (Å²) < 4.78 is 11.7. The molecule has 0 fully saturated rings. The summed E-state index contributed by atoms with van der Waals surface area (Å²) in [4.78, 5) is 0. The van der Waals surface area contributed by atoms with Gasteiger partial charge in [-0.15, -0.1) is 20.4 Å². The molecule has 0 aliphatic rings. The van der Waals surface area contributed by atoms with Gasteiger partial charge in [0.05, 0.1) is 0 Å². The van der Waals surface area contributed by atoms with Crippen molar-refractivity contribution in [2.24, 2.45) is 0 Å². The highest BCUT2D eigenvalue weighted by atomic mass is 32.2. The molecule has 0 aliphatic heterocycles. The van der Waals surface area contributed by atoms with Crippen molar-refractivity contribution in [3.63, 3.8) is 0 Å². The molecule has 18 heavy (non-hydrogen) atoms. The van der Waals surface area contributed by atoms with Crippen LogP contribution in [0.5, 0.6) is 0 Å². The highest BCUT2D eigenvalue weighted by molar-refractivity contribution is 7.84. The second-order valence-electron chi connectivity index (χ2n) is 3.71. The van der Waals surface area contributed by atoms with E-state index < -0.39 is 10.8 Å². The highest BCUT2D eigenvalue weighted by Gasteiger charge is 2.04. The molecule has 0 radical (unpaired) electrons. The molecule has 0 bridgehead atoms. The van der Waals surface area contributed by atoms with Crippen molar-refractivity contribution in [2.75, 3.05) is 11.5 Å². The summed E-state index contributed by atoms with van der Waals surface area (Å²) in [6, 6.07) is 0. The van der Waals surface area contributed by atoms with E-state index in [1.807, 2.05) is 0 Å². The SMILES string of the molecule is O=S(CCCc1nn[nH]n1)CCCc1nn[nH]n1. The zero-order valence-electron chi connectivity index (χ0n) is 9.74. The molecular weight excluding hydrogens is 256 g/mol. The Balaban J connectivity index is 1.55. The van der Waals surface area contributed by atoms with E-state index in [0.29, 0.717) is 36.0 Å². The highest BCUT2D eigenvalue weighted by Crippen LogP contribution is 1.99. The van der Waals surface area contributed by atoms with Crippen LogP contribution in [0.2, 0.25) is 0 Å². The predicted octanol–water partition coefficient (Wildman–Crippen LogP) is -0.973. The van der Waals surface area contributed by atoms with Crippen molar-refractivity contribution in [3.8, 4) is 0 Å². The Morgan fingerprint density at radius 2 is 1.39 bits per heavy atom. The Bertz CT molecular complexity index is 413. The number of aromatic amines is 2. The van der Waals surface area contributed by atoms with Crippen molar-refractivity contribution in [3.05, 3.63) is 11.6 Å². The Labute approximate surface area is 106 Å². The van der Waals surface area contributed by atoms with E-state index in [9.17, 15) is 4.21 Å². The van der Waals surface area contributed by atoms with Gasteiger partial charge in [-0.1, -0.05) is 10.4 Å². The van der Waals surface area contributed by atoms with E-state index in [0.717, 1.165) is 12.8 Å². The second kappa shape index (κ2) is 6.89. The summed E-state index contributed by atoms with van der Waals surface area (Å²) in [6.45, 7) is 0. The van der Waals surface area contributed by atoms with Crippen LogP contribution in [0.3, 0.4) is 0 Å². The maximum atomic E-state index is 11.7. The molecule has 2 N–H and O–H groups in total. The summed E-state index contributed by atoms with van der Waals surface area (Å²) in [5, 5.41) is 27.0. The minimum atomic E-state index is -0.815. The van der Waals surface area contributed by atoms with Crippen molar-refractivity contribution >= 4 is 10.8 Å². The topological polar surface area (TPSA) is 126 Å². The number of hydrogen-bond donors (Lipinski definition) is 2. The van der Waals surface area contributed by atoms with Gasteiger partial charge in [0.1, 0.15) is 0 Å². The molecule has 2 heterocycles. The number of aryl methyl sites for hydroxylation is 2. The first-order chi connectivity index (χ1) is 8.84. The second-order valence-corrected chi connectivity index (χ2v) is 5.41. The van der Waals surface area contributed by atoms with Crippen molar-refractivity contribution < 1.29 is 4.21 Å². The van der Waals surface area contributed by atoms with Crippen LogP contribution in [-0.4, -0.2) is 57.0 Å². The lowest BCUT2D eigenvalue weighted by atomic mass is 10.3. The van der Waals surface area contributed by atoms with Gasteiger partial charge < -0.3 is 0 Å². The third-order valence-electron chi connectivity index (χ3n) is 2.32. The van der Waals surface area contributed by atoms with Gasteiger partial charge in [-0.3, -0.25) is 4.21 Å². The number of nitrogens with zero attached hydrogens (tertiary/aromatic N) is 6. The average Bonchev–Trinajstić information content (AvgIpc) is 3.01. The fraction of sp³-hybridized carbons (Fsp3) is 0.750. The monoisotopic (exact) mass is 270 g/mol. The van der Waals surface area contributed by atoms with E-state index in [2.05, 4.69) is 41.2 Å². The van der Waals surface area contributed by atoms with Gasteiger partial charge in [0.15, 0.2) is 11.6 Å². The lowest BCUT2D eigenvalue weighted by molar-refractivity contribution is 0.675. The fourth-order valence-corrected chi connectivity index (χ4v) is 2.60. The summed E-state index contributed by atoms with van der Waals surface area (Å²) in [6.07, 6.45) is 3.00. The Kier molecular flexibility index (Phi) is 4.88. The first kappa shape index (κ1) is 12.7. The number of nitrogens with one attached hydrogen (secondary N) is 2. The van der Waals surface area contributed by atoms with Gasteiger partial charge in [-0.25, -0.2) is 0 Å². The van der Waals surface area contributed by atoms with Crippen molar-refractivity contribution in [1.29, 1.82) is 0 Å². The molecule has 2 aromatic heterocycles. The number of aromatic nitrogens is 8. The summed E-state index contributed by atoms with van der Waals surface area (Å²) >= 11 is 0. The van der Waals surface area contributed by atoms with E-state index in [4.69, 9.17) is 0 Å². The molecule has 0 saturated heterocycles. The summed E-state index contributed by atoms with van der Waals surface area (Å²) in [5.74, 6) is 2.64. The van der Waals surface area contributed by atoms with Crippen molar-refractivity contribution in [1.82, 2.24) is 41.2 Å². The predicted molar refractivity (Wildman–Crippen MR) is 62.9 cm³/mol. The number of hydrogen-bond acceptors (Lipinski definition) is 7. The van der Waals surface area contributed by atoms with Crippen LogP contribution < -0.4 is 0 Å². The number of tetrazole rings is 2. The Morgan fingerprint density at radius 3 is 1.78 bits per heavy atom. The molecule has 0 amide bonds. The standard InChI is InChI=1S/C8H14N8OS/c17-18(5-1-3-7-9-13-14-10-7)6-2-4-8-11-15-16-12-8/h1-6H2,(H,9,10,13,14)(H,11,12,15,16). The van der Waals surface area contributed by atoms with E-state index >= 15 is 0 Å². The molecule has 0 atom stereocenters. The van der Waals surface area contributed by atoms with Gasteiger partial charge in [-0.05, 0) is 12.8 Å². The largest absolute Gasteiger partial charge is 0.260 e. The molecule has 2 aromatic rings. The molecule has 2 rings (SSSR count). The van der Waals surface area contributed by atoms with E-state index in [1.54, 1.807) is 0 Å². The first-order valence-electron chi connectivity index (χ1n) is 5.64. The van der Waals surface area contributed by atoms with Crippen LogP contribution in [0.1, 0.15) is 24.5 Å². The smallest absolute Gasteiger partial charge is 0.174 e. The molecule has 9 nitrogen and oxygen atoms in total. The number of rotatable bonds is 8. The average molecular weight is 270 g/mol. The maximum absolute atomic E-state index is 11.7. The van der Waals surface area contributed by atoms with Gasteiger partial charge in [0.25, 0.3) is 0 Å². The lowest BCUT2D eigenvalue weighted by Crippen LogP contribution is -2.06. The molecule has 0 spiro atoms. The van der Waals surface area contributed by atoms with Crippen molar-refractivity contribution in [2.45, 2.75) is 25.7 Å². The van der Waals surface area contributed by atoms with Gasteiger partial charge in [0.2, 0.25) is 0 Å². The van der Waals surface area contributed by atoms with E-state index in [-0.39, 0.29) is 0 Å². The minimum absolute atomic E-state index is 0.654. The minimum Gasteiger partial charge on any atom is -0.260 e. The molecular formula is C8H14N8OS. The molecule has 98 valence electrons. The third kappa shape index (κ3) is 4.28. The van der Waals surface area contributed by atoms with Gasteiger partial charge in [0, 0.05) is 35.1 Å². The van der Waals surface area contributed by atoms with Crippen LogP contribution in [0.4, 0.5) is 0 Å². The van der Waals surface area contributed by atoms with Crippen LogP contribution in [0.25, 0.3) is 0 Å². The van der Waals surface area contributed by atoms with Gasteiger partial charge in [-0.2, -0.15) is 10.4 Å². The summed E-state index contributed by atoms with van der Waals surface area (Å²) in [5.41, 5.74) is 0. The third-order valence-corrected chi connectivity index (χ3v) is 3.81. The van der Waals surface area contributed by atoms with Crippen LogP contribution in [0.15, 0.2) is 0 Å². The van der Waals surface area contributed by atoms with E-state index in [1.165, 1.54) is 0 Å². The quantitative estimate of drug-likeness (QED) is 0.631. The molecule has 0 aromatic carbocycles. The normalized spacial score (nSPS) is 11.2. The molecule has 0 saturated carbocycles. The zero-order valence-corrected chi connectivity index (χ0v) is 10.6. The van der Waals surface area contributed by atoms with Crippen LogP contribution in [-0.2, 0) is 23.6 Å². The lowest BCUT2D eigenvalue weighted by Gasteiger charge is -1.99. The van der Waals surface area contributed by atoms with Crippen LogP contribution >= 0.6 is 0 Å². The Morgan fingerprint density at radius 1 is 0.889 bits per heavy atom. The first-order valence-corrected chi connectivity index (χ1v) is 7.13. The fourth-order valence-electron chi connectivity index (χ4n) is 1.46. The molecule has 0 aliphatic carbocycles. The molecule has 0 unspecified atom stereocenters. The zero-order chi connectivity index (χ0) is 12.6. The maximum Gasteiger partial charge on any atom is 0.174 e. The van der Waals surface area contributed by atoms with Gasteiger partial charge >= 0.3 is 0 Å². The Hall–Kier alpha value is -1.71. The summed E-state index contributed by atoms with van der Waals surface area (Å²) in [7, 11) is -0.815. The number of H-pyrrole nitrogens is 2.